The molecule has 0 aromatic rings. The molecule has 0 aromatic carbocycles. The smallest absolute Gasteiger partial charge is 0.00581 e. The van der Waals surface area contributed by atoms with Crippen molar-refractivity contribution in [3.8, 4) is 0 Å². The number of hydrogen-bond donors (Lipinski definition) is 1. The minimum Gasteiger partial charge on any atom is -0.316 e. The molecule has 0 amide bonds. The lowest BCUT2D eigenvalue weighted by Crippen LogP contribution is -2.25. The summed E-state index contributed by atoms with van der Waals surface area (Å²) in [4.78, 5) is 0. The van der Waals surface area contributed by atoms with Gasteiger partial charge in [0.15, 0.2) is 0 Å². The Morgan fingerprint density at radius 3 is 2.82 bits per heavy atom. The maximum atomic E-state index is 3.49. The molecule has 1 N–H and O–H groups in total. The quantitative estimate of drug-likeness (QED) is 0.601. The van der Waals surface area contributed by atoms with E-state index in [0.717, 1.165) is 11.8 Å². The summed E-state index contributed by atoms with van der Waals surface area (Å²) in [5.41, 5.74) is 0. The number of rotatable bonds is 0. The Morgan fingerprint density at radius 2 is 2.00 bits per heavy atom. The van der Waals surface area contributed by atoms with Gasteiger partial charge in [-0.1, -0.05) is 13.8 Å². The fourth-order valence-electron chi connectivity index (χ4n) is 1.33. The van der Waals surface area contributed by atoms with Crippen LogP contribution >= 0.6 is 11.8 Å². The molecule has 0 spiro atoms. The molecule has 66 valence electrons. The Labute approximate surface area is 74.3 Å². The standard InChI is InChI=1S/C9H19NS/c1-8-3-5-11-6-4-10-7-9(8)2/h8-10H,3-7H2,1-2H3. The van der Waals surface area contributed by atoms with Crippen LogP contribution in [-0.4, -0.2) is 24.6 Å². The average molecular weight is 173 g/mol. The predicted octanol–water partition coefficient (Wildman–Crippen LogP) is 1.99. The van der Waals surface area contributed by atoms with Crippen LogP contribution in [0.4, 0.5) is 0 Å². The minimum atomic E-state index is 0.855. The van der Waals surface area contributed by atoms with Crippen molar-refractivity contribution >= 4 is 11.8 Å². The minimum absolute atomic E-state index is 0.855. The van der Waals surface area contributed by atoms with Crippen molar-refractivity contribution in [3.63, 3.8) is 0 Å². The second-order valence-corrected chi connectivity index (χ2v) is 4.78. The number of thioether (sulfide) groups is 1. The van der Waals surface area contributed by atoms with Gasteiger partial charge in [0.1, 0.15) is 0 Å². The Bertz CT molecular complexity index is 93.7. The van der Waals surface area contributed by atoms with E-state index >= 15 is 0 Å². The topological polar surface area (TPSA) is 12.0 Å². The van der Waals surface area contributed by atoms with E-state index in [4.69, 9.17) is 0 Å². The zero-order chi connectivity index (χ0) is 8.10. The summed E-state index contributed by atoms with van der Waals surface area (Å²) in [6.45, 7) is 7.13. The van der Waals surface area contributed by atoms with Gasteiger partial charge in [-0.2, -0.15) is 11.8 Å². The molecule has 2 heteroatoms. The second kappa shape index (κ2) is 5.04. The van der Waals surface area contributed by atoms with Gasteiger partial charge in [0.05, 0.1) is 0 Å². The second-order valence-electron chi connectivity index (χ2n) is 3.56. The summed E-state index contributed by atoms with van der Waals surface area (Å²) in [6, 6.07) is 0. The van der Waals surface area contributed by atoms with E-state index in [-0.39, 0.29) is 0 Å². The third-order valence-electron chi connectivity index (χ3n) is 2.58. The highest BCUT2D eigenvalue weighted by Gasteiger charge is 2.12. The van der Waals surface area contributed by atoms with Gasteiger partial charge < -0.3 is 5.32 Å². The summed E-state index contributed by atoms with van der Waals surface area (Å²) in [7, 11) is 0. The Morgan fingerprint density at radius 1 is 1.18 bits per heavy atom. The van der Waals surface area contributed by atoms with Crippen LogP contribution < -0.4 is 5.32 Å². The van der Waals surface area contributed by atoms with Gasteiger partial charge in [-0.05, 0) is 30.6 Å². The van der Waals surface area contributed by atoms with E-state index in [1.165, 1.54) is 31.0 Å². The molecular formula is C9H19NS. The summed E-state index contributed by atoms with van der Waals surface area (Å²) in [6.07, 6.45) is 1.40. The third-order valence-corrected chi connectivity index (χ3v) is 3.60. The van der Waals surface area contributed by atoms with E-state index < -0.39 is 0 Å². The van der Waals surface area contributed by atoms with Crippen LogP contribution in [-0.2, 0) is 0 Å². The Hall–Kier alpha value is 0.310. The summed E-state index contributed by atoms with van der Waals surface area (Å²) in [5.74, 6) is 4.40. The lowest BCUT2D eigenvalue weighted by Gasteiger charge is -2.17. The maximum Gasteiger partial charge on any atom is 0.00581 e. The van der Waals surface area contributed by atoms with Gasteiger partial charge in [0.25, 0.3) is 0 Å². The molecule has 11 heavy (non-hydrogen) atoms. The van der Waals surface area contributed by atoms with Crippen LogP contribution in [0.25, 0.3) is 0 Å². The molecule has 1 rings (SSSR count). The fourth-order valence-corrected chi connectivity index (χ4v) is 2.36. The molecule has 1 heterocycles. The van der Waals surface area contributed by atoms with E-state index in [0.29, 0.717) is 0 Å². The van der Waals surface area contributed by atoms with Gasteiger partial charge in [-0.3, -0.25) is 0 Å². The monoisotopic (exact) mass is 173 g/mol. The highest BCUT2D eigenvalue weighted by molar-refractivity contribution is 7.99. The molecule has 1 aliphatic rings. The lowest BCUT2D eigenvalue weighted by molar-refractivity contribution is 0.365. The first-order chi connectivity index (χ1) is 5.30. The molecule has 1 aliphatic heterocycles. The van der Waals surface area contributed by atoms with Gasteiger partial charge in [-0.15, -0.1) is 0 Å². The molecule has 0 aliphatic carbocycles. The van der Waals surface area contributed by atoms with Crippen molar-refractivity contribution in [2.45, 2.75) is 20.3 Å². The first-order valence-electron chi connectivity index (χ1n) is 4.59. The van der Waals surface area contributed by atoms with Crippen molar-refractivity contribution in [1.82, 2.24) is 5.32 Å². The van der Waals surface area contributed by atoms with Crippen molar-refractivity contribution in [3.05, 3.63) is 0 Å². The van der Waals surface area contributed by atoms with Gasteiger partial charge in [0, 0.05) is 12.3 Å². The van der Waals surface area contributed by atoms with Gasteiger partial charge >= 0.3 is 0 Å². The summed E-state index contributed by atoms with van der Waals surface area (Å²) >= 11 is 2.09. The molecule has 2 atom stereocenters. The van der Waals surface area contributed by atoms with Crippen LogP contribution in [0.2, 0.25) is 0 Å². The zero-order valence-corrected chi connectivity index (χ0v) is 8.41. The van der Waals surface area contributed by atoms with Crippen molar-refractivity contribution in [2.75, 3.05) is 24.6 Å². The van der Waals surface area contributed by atoms with Crippen molar-refractivity contribution < 1.29 is 0 Å². The lowest BCUT2D eigenvalue weighted by atomic mass is 9.94. The zero-order valence-electron chi connectivity index (χ0n) is 7.60. The van der Waals surface area contributed by atoms with E-state index in [9.17, 15) is 0 Å². The van der Waals surface area contributed by atoms with Crippen LogP contribution in [0.1, 0.15) is 20.3 Å². The molecule has 2 unspecified atom stereocenters. The Kier molecular flexibility index (Phi) is 4.31. The number of nitrogens with one attached hydrogen (secondary N) is 1. The van der Waals surface area contributed by atoms with Crippen LogP contribution in [0.3, 0.4) is 0 Å². The SMILES string of the molecule is CC1CCSCCNCC1C. The Balaban J connectivity index is 2.29. The molecular weight excluding hydrogens is 154 g/mol. The highest BCUT2D eigenvalue weighted by atomic mass is 32.2. The van der Waals surface area contributed by atoms with Crippen molar-refractivity contribution in [1.29, 1.82) is 0 Å². The molecule has 0 bridgehead atoms. The van der Waals surface area contributed by atoms with Crippen LogP contribution in [0.5, 0.6) is 0 Å². The normalized spacial score (nSPS) is 35.5. The number of hydrogen-bond acceptors (Lipinski definition) is 2. The highest BCUT2D eigenvalue weighted by Crippen LogP contribution is 2.18. The van der Waals surface area contributed by atoms with E-state index in [1.54, 1.807) is 0 Å². The molecule has 1 nitrogen and oxygen atoms in total. The maximum absolute atomic E-state index is 3.49. The molecule has 0 aromatic heterocycles. The molecule has 1 fully saturated rings. The first kappa shape index (κ1) is 9.40. The van der Waals surface area contributed by atoms with Crippen molar-refractivity contribution in [2.24, 2.45) is 11.8 Å². The first-order valence-corrected chi connectivity index (χ1v) is 5.74. The largest absolute Gasteiger partial charge is 0.316 e. The summed E-state index contributed by atoms with van der Waals surface area (Å²) in [5, 5.41) is 3.49. The summed E-state index contributed by atoms with van der Waals surface area (Å²) < 4.78 is 0. The third kappa shape index (κ3) is 3.48. The fraction of sp³-hybridized carbons (Fsp3) is 1.00. The predicted molar refractivity (Wildman–Crippen MR) is 53.1 cm³/mol. The van der Waals surface area contributed by atoms with Crippen LogP contribution in [0, 0.1) is 11.8 Å². The van der Waals surface area contributed by atoms with Gasteiger partial charge in [-0.25, -0.2) is 0 Å². The molecule has 0 saturated carbocycles. The van der Waals surface area contributed by atoms with Crippen LogP contribution in [0.15, 0.2) is 0 Å². The van der Waals surface area contributed by atoms with Gasteiger partial charge in [0.2, 0.25) is 0 Å². The molecule has 0 radical (unpaired) electrons. The molecule has 1 saturated heterocycles. The van der Waals surface area contributed by atoms with E-state index in [2.05, 4.69) is 30.9 Å². The average Bonchev–Trinajstić information content (AvgIpc) is 2.07. The van der Waals surface area contributed by atoms with E-state index in [1.807, 2.05) is 0 Å².